The van der Waals surface area contributed by atoms with Crippen molar-refractivity contribution in [3.05, 3.63) is 24.3 Å². The van der Waals surface area contributed by atoms with Gasteiger partial charge in [-0.15, -0.1) is 0 Å². The molecule has 350 valence electrons. The lowest BCUT2D eigenvalue weighted by molar-refractivity contribution is -0.332. The van der Waals surface area contributed by atoms with Crippen LogP contribution in [0.2, 0.25) is 0 Å². The summed E-state index contributed by atoms with van der Waals surface area (Å²) in [7, 11) is 0. The van der Waals surface area contributed by atoms with Gasteiger partial charge in [0.05, 0.1) is 19.8 Å². The van der Waals surface area contributed by atoms with Gasteiger partial charge in [-0.25, -0.2) is 0 Å². The van der Waals surface area contributed by atoms with Gasteiger partial charge in [0.15, 0.2) is 18.7 Å². The summed E-state index contributed by atoms with van der Waals surface area (Å²) in [6, 6.07) is 0. The van der Waals surface area contributed by atoms with Crippen LogP contribution in [0.3, 0.4) is 0 Å². The van der Waals surface area contributed by atoms with E-state index in [9.17, 15) is 45.3 Å². The number of hydrogen-bond donors (Lipinski definition) is 7. The molecule has 0 radical (unpaired) electrons. The molecular formula is C45H80O15. The molecule has 7 N–H and O–H groups in total. The molecule has 0 bridgehead atoms. The monoisotopic (exact) mass is 861 g/mol. The summed E-state index contributed by atoms with van der Waals surface area (Å²) in [5, 5.41) is 71.8. The molecule has 0 aliphatic carbocycles. The first-order chi connectivity index (χ1) is 29.0. The number of rotatable bonds is 34. The van der Waals surface area contributed by atoms with E-state index in [2.05, 4.69) is 38.2 Å². The average molecular weight is 861 g/mol. The van der Waals surface area contributed by atoms with Crippen molar-refractivity contribution in [1.82, 2.24) is 0 Å². The molecule has 0 spiro atoms. The zero-order valence-corrected chi connectivity index (χ0v) is 36.4. The zero-order chi connectivity index (χ0) is 44.0. The van der Waals surface area contributed by atoms with Crippen LogP contribution in [0.25, 0.3) is 0 Å². The molecule has 11 unspecified atom stereocenters. The van der Waals surface area contributed by atoms with Crippen molar-refractivity contribution in [3.8, 4) is 0 Å². The number of allylic oxidation sites excluding steroid dienone is 4. The van der Waals surface area contributed by atoms with Crippen molar-refractivity contribution in [3.63, 3.8) is 0 Å². The predicted octanol–water partition coefficient (Wildman–Crippen LogP) is 4.82. The molecule has 2 heterocycles. The van der Waals surface area contributed by atoms with Crippen molar-refractivity contribution >= 4 is 11.9 Å². The van der Waals surface area contributed by atoms with Crippen LogP contribution < -0.4 is 0 Å². The fourth-order valence-corrected chi connectivity index (χ4v) is 7.07. The van der Waals surface area contributed by atoms with Crippen LogP contribution >= 0.6 is 0 Å². The Balaban J connectivity index is 1.86. The normalized spacial score (nSPS) is 27.8. The van der Waals surface area contributed by atoms with Crippen LogP contribution in [0.15, 0.2) is 24.3 Å². The number of hydrogen-bond acceptors (Lipinski definition) is 15. The summed E-state index contributed by atoms with van der Waals surface area (Å²) in [4.78, 5) is 25.5. The molecule has 0 aromatic heterocycles. The van der Waals surface area contributed by atoms with Crippen LogP contribution in [0.1, 0.15) is 155 Å². The van der Waals surface area contributed by atoms with Gasteiger partial charge >= 0.3 is 11.9 Å². The van der Waals surface area contributed by atoms with Gasteiger partial charge < -0.3 is 64.2 Å². The number of aliphatic hydroxyl groups is 7. The molecule has 0 aromatic rings. The van der Waals surface area contributed by atoms with Crippen molar-refractivity contribution in [2.45, 2.75) is 223 Å². The van der Waals surface area contributed by atoms with E-state index in [0.717, 1.165) is 64.2 Å². The first kappa shape index (κ1) is 54.1. The van der Waals surface area contributed by atoms with Crippen molar-refractivity contribution < 1.29 is 73.8 Å². The Labute approximate surface area is 358 Å². The lowest BCUT2D eigenvalue weighted by Gasteiger charge is -2.42. The lowest BCUT2D eigenvalue weighted by Crippen LogP contribution is -2.61. The number of ether oxygens (including phenoxy) is 6. The maximum atomic E-state index is 12.9. The van der Waals surface area contributed by atoms with Crippen molar-refractivity contribution in [1.29, 1.82) is 0 Å². The molecule has 2 aliphatic rings. The summed E-state index contributed by atoms with van der Waals surface area (Å²) < 4.78 is 33.4. The van der Waals surface area contributed by atoms with E-state index in [1.807, 2.05) is 0 Å². The smallest absolute Gasteiger partial charge is 0.306 e. The van der Waals surface area contributed by atoms with Gasteiger partial charge in [0.2, 0.25) is 0 Å². The molecule has 0 amide bonds. The van der Waals surface area contributed by atoms with Crippen LogP contribution in [0.4, 0.5) is 0 Å². The molecule has 2 rings (SSSR count). The predicted molar refractivity (Wildman–Crippen MR) is 224 cm³/mol. The molecule has 2 saturated heterocycles. The molecule has 15 nitrogen and oxygen atoms in total. The van der Waals surface area contributed by atoms with Gasteiger partial charge in [-0.2, -0.15) is 0 Å². The Morgan fingerprint density at radius 1 is 0.533 bits per heavy atom. The SMILES string of the molecule is CCCCC/C=C\C/C=C\CCCCCCCC(=O)OC(COC(=O)CCCCCCCCCCC)COC1OC(COC2OC(CO)C(O)C(O)C2O)C(O)C(O)C1O. The van der Waals surface area contributed by atoms with E-state index in [0.29, 0.717) is 12.8 Å². The van der Waals surface area contributed by atoms with E-state index >= 15 is 0 Å². The van der Waals surface area contributed by atoms with E-state index in [-0.39, 0.29) is 26.1 Å². The van der Waals surface area contributed by atoms with E-state index in [4.69, 9.17) is 28.4 Å². The quantitative estimate of drug-likeness (QED) is 0.0261. The molecular weight excluding hydrogens is 780 g/mol. The summed E-state index contributed by atoms with van der Waals surface area (Å²) in [5.74, 6) is -0.943. The van der Waals surface area contributed by atoms with E-state index < -0.39 is 92.7 Å². The topological polar surface area (TPSA) is 231 Å². The maximum absolute atomic E-state index is 12.9. The minimum atomic E-state index is -1.76. The fraction of sp³-hybridized carbons (Fsp3) is 0.867. The zero-order valence-electron chi connectivity index (χ0n) is 36.4. The van der Waals surface area contributed by atoms with E-state index in [1.54, 1.807) is 0 Å². The Morgan fingerprint density at radius 3 is 1.58 bits per heavy atom. The molecule has 2 aliphatic heterocycles. The van der Waals surface area contributed by atoms with Gasteiger partial charge in [-0.05, 0) is 44.9 Å². The molecule has 0 aromatic carbocycles. The highest BCUT2D eigenvalue weighted by atomic mass is 16.7. The second-order valence-corrected chi connectivity index (χ2v) is 16.2. The first-order valence-electron chi connectivity index (χ1n) is 22.9. The van der Waals surface area contributed by atoms with Crippen molar-refractivity contribution in [2.75, 3.05) is 26.4 Å². The minimum Gasteiger partial charge on any atom is -0.462 e. The highest BCUT2D eigenvalue weighted by molar-refractivity contribution is 5.70. The largest absolute Gasteiger partial charge is 0.462 e. The van der Waals surface area contributed by atoms with Crippen LogP contribution in [0, 0.1) is 0 Å². The molecule has 60 heavy (non-hydrogen) atoms. The molecule has 11 atom stereocenters. The van der Waals surface area contributed by atoms with Crippen molar-refractivity contribution in [2.24, 2.45) is 0 Å². The second-order valence-electron chi connectivity index (χ2n) is 16.2. The number of esters is 2. The van der Waals surface area contributed by atoms with Crippen LogP contribution in [-0.2, 0) is 38.0 Å². The third-order valence-corrected chi connectivity index (χ3v) is 10.9. The number of aliphatic hydroxyl groups excluding tert-OH is 7. The highest BCUT2D eigenvalue weighted by Crippen LogP contribution is 2.26. The Kier molecular flexibility index (Phi) is 30.2. The number of unbranched alkanes of at least 4 members (excludes halogenated alkanes) is 16. The van der Waals surface area contributed by atoms with Gasteiger partial charge in [-0.3, -0.25) is 9.59 Å². The standard InChI is InChI=1S/C45H80O15/c1-3-5-7-9-11-13-14-15-16-17-18-20-22-24-26-28-37(48)58-33(30-55-36(47)27-25-23-21-19-12-10-8-6-4-2)31-56-44-43(54)41(52)39(50)35(60-44)32-57-45-42(53)40(51)38(49)34(29-46)59-45/h11,13,15-16,33-35,38-46,49-54H,3-10,12,14,17-32H2,1-2H3/b13-11-,16-15-. The fourth-order valence-electron chi connectivity index (χ4n) is 7.07. The third kappa shape index (κ3) is 22.4. The van der Waals surface area contributed by atoms with Crippen LogP contribution in [0.5, 0.6) is 0 Å². The summed E-state index contributed by atoms with van der Waals surface area (Å²) in [6.45, 7) is 2.50. The van der Waals surface area contributed by atoms with Gasteiger partial charge in [-0.1, -0.05) is 122 Å². The second kappa shape index (κ2) is 33.5. The highest BCUT2D eigenvalue weighted by Gasteiger charge is 2.47. The molecule has 0 saturated carbocycles. The number of carbonyl (C=O) groups is 2. The first-order valence-corrected chi connectivity index (χ1v) is 22.9. The summed E-state index contributed by atoms with van der Waals surface area (Å²) in [6.07, 6.45) is 13.7. The Bertz CT molecular complexity index is 1150. The summed E-state index contributed by atoms with van der Waals surface area (Å²) in [5.41, 5.74) is 0. The van der Waals surface area contributed by atoms with Gasteiger partial charge in [0, 0.05) is 12.8 Å². The lowest BCUT2D eigenvalue weighted by atomic mass is 9.98. The summed E-state index contributed by atoms with van der Waals surface area (Å²) >= 11 is 0. The van der Waals surface area contributed by atoms with Gasteiger partial charge in [0.25, 0.3) is 0 Å². The Hall–Kier alpha value is -2.02. The molecule has 15 heteroatoms. The molecule has 2 fully saturated rings. The average Bonchev–Trinajstić information content (AvgIpc) is 3.24. The maximum Gasteiger partial charge on any atom is 0.306 e. The number of carbonyl (C=O) groups excluding carboxylic acids is 2. The minimum absolute atomic E-state index is 0.151. The van der Waals surface area contributed by atoms with Crippen LogP contribution in [-0.4, -0.2) is 142 Å². The van der Waals surface area contributed by atoms with Gasteiger partial charge in [0.1, 0.15) is 55.4 Å². The Morgan fingerprint density at radius 2 is 1.00 bits per heavy atom. The third-order valence-electron chi connectivity index (χ3n) is 10.9. The van der Waals surface area contributed by atoms with E-state index in [1.165, 1.54) is 51.4 Å².